The maximum atomic E-state index is 12.7. The van der Waals surface area contributed by atoms with Gasteiger partial charge in [-0.25, -0.2) is 4.98 Å². The van der Waals surface area contributed by atoms with Gasteiger partial charge in [0.25, 0.3) is 5.56 Å². The number of nitrogens with two attached hydrogens (primary N) is 1. The van der Waals surface area contributed by atoms with Crippen LogP contribution in [0.2, 0.25) is 0 Å². The summed E-state index contributed by atoms with van der Waals surface area (Å²) in [6, 6.07) is 10.7. The Balaban J connectivity index is 1.53. The Kier molecular flexibility index (Phi) is 5.46. The third kappa shape index (κ3) is 3.89. The van der Waals surface area contributed by atoms with E-state index in [9.17, 15) is 4.79 Å². The predicted molar refractivity (Wildman–Crippen MR) is 107 cm³/mol. The third-order valence-corrected chi connectivity index (χ3v) is 6.24. The van der Waals surface area contributed by atoms with Crippen LogP contribution in [0, 0.1) is 0 Å². The van der Waals surface area contributed by atoms with E-state index in [2.05, 4.69) is 10.3 Å². The molecule has 5 heteroatoms. The number of benzene rings is 1. The van der Waals surface area contributed by atoms with Crippen molar-refractivity contribution in [1.29, 1.82) is 0 Å². The monoisotopic (exact) mass is 368 g/mol. The first-order valence-corrected chi connectivity index (χ1v) is 10.6. The van der Waals surface area contributed by atoms with Crippen LogP contribution < -0.4 is 10.9 Å². The minimum atomic E-state index is -0.0174. The highest BCUT2D eigenvalue weighted by molar-refractivity contribution is 7.17. The fourth-order valence-electron chi connectivity index (χ4n) is 3.92. The van der Waals surface area contributed by atoms with Gasteiger partial charge in [0.2, 0.25) is 0 Å². The second-order valence-electron chi connectivity index (χ2n) is 7.25. The molecule has 3 aromatic rings. The molecule has 4 nitrogen and oxygen atoms in total. The fourth-order valence-corrected chi connectivity index (χ4v) is 4.89. The average Bonchev–Trinajstić information content (AvgIpc) is 3.06. The highest BCUT2D eigenvalue weighted by atomic mass is 32.1. The number of rotatable bonds is 4. The molecule has 0 saturated heterocycles. The average molecular weight is 369 g/mol. The van der Waals surface area contributed by atoms with Gasteiger partial charge in [-0.2, -0.15) is 0 Å². The van der Waals surface area contributed by atoms with Crippen LogP contribution in [-0.2, 0) is 6.54 Å². The molecule has 1 aliphatic carbocycles. The molecule has 2 heterocycles. The molecule has 2 aromatic heterocycles. The van der Waals surface area contributed by atoms with Crippen molar-refractivity contribution in [2.24, 2.45) is 0 Å². The molecule has 0 unspecified atom stereocenters. The van der Waals surface area contributed by atoms with E-state index in [-0.39, 0.29) is 5.56 Å². The molecule has 1 aromatic carbocycles. The maximum absolute atomic E-state index is 12.7. The van der Waals surface area contributed by atoms with Crippen LogP contribution in [0.3, 0.4) is 0 Å². The molecule has 1 aliphatic rings. The van der Waals surface area contributed by atoms with Crippen LogP contribution in [-0.4, -0.2) is 16.0 Å². The normalized spacial score (nSPS) is 16.5. The number of quaternary nitrogens is 1. The summed E-state index contributed by atoms with van der Waals surface area (Å²) in [5, 5.41) is 5.14. The summed E-state index contributed by atoms with van der Waals surface area (Å²) in [7, 11) is 0. The summed E-state index contributed by atoms with van der Waals surface area (Å²) < 4.78 is 0. The van der Waals surface area contributed by atoms with E-state index in [1.807, 2.05) is 35.7 Å². The van der Waals surface area contributed by atoms with Crippen molar-refractivity contribution in [3.05, 3.63) is 51.9 Å². The Morgan fingerprint density at radius 3 is 2.58 bits per heavy atom. The Bertz CT molecular complexity index is 908. The Morgan fingerprint density at radius 2 is 1.81 bits per heavy atom. The topological polar surface area (TPSA) is 62.4 Å². The molecule has 4 rings (SSSR count). The van der Waals surface area contributed by atoms with Crippen molar-refractivity contribution < 1.29 is 5.32 Å². The van der Waals surface area contributed by atoms with Crippen molar-refractivity contribution in [2.45, 2.75) is 57.5 Å². The molecule has 136 valence electrons. The van der Waals surface area contributed by atoms with Crippen molar-refractivity contribution in [3.63, 3.8) is 0 Å². The van der Waals surface area contributed by atoms with Crippen molar-refractivity contribution >= 4 is 21.6 Å². The maximum Gasteiger partial charge on any atom is 0.260 e. The molecule has 0 radical (unpaired) electrons. The van der Waals surface area contributed by atoms with Crippen LogP contribution >= 0.6 is 11.3 Å². The lowest BCUT2D eigenvalue weighted by atomic mass is 9.97. The minimum absolute atomic E-state index is 0.0174. The number of fused-ring (bicyclic) bond motifs is 1. The van der Waals surface area contributed by atoms with Gasteiger partial charge in [0.1, 0.15) is 11.4 Å². The van der Waals surface area contributed by atoms with Crippen molar-refractivity contribution in [1.82, 2.24) is 9.97 Å². The quantitative estimate of drug-likeness (QED) is 0.735. The molecule has 1 fully saturated rings. The highest BCUT2D eigenvalue weighted by Crippen LogP contribution is 2.30. The summed E-state index contributed by atoms with van der Waals surface area (Å²) in [4.78, 5) is 21.3. The summed E-state index contributed by atoms with van der Waals surface area (Å²) >= 11 is 1.56. The Morgan fingerprint density at radius 1 is 1.08 bits per heavy atom. The van der Waals surface area contributed by atoms with Crippen LogP contribution in [0.4, 0.5) is 0 Å². The molecule has 1 saturated carbocycles. The molecule has 0 amide bonds. The summed E-state index contributed by atoms with van der Waals surface area (Å²) in [5.74, 6) is 0.797. The molecular formula is C21H26N3OS+. The highest BCUT2D eigenvalue weighted by Gasteiger charge is 2.16. The first-order chi connectivity index (χ1) is 12.8. The lowest BCUT2D eigenvalue weighted by Gasteiger charge is -2.17. The standard InChI is InChI=1S/C21H25N3OS/c25-20-19-17(15-9-5-4-6-10-15)14-26-21(19)24-18(23-20)13-22-16-11-7-2-1-3-8-12-16/h4-6,9-10,14,16,22H,1-3,7-8,11-13H2,(H,23,24,25)/p+1. The summed E-state index contributed by atoms with van der Waals surface area (Å²) in [6.45, 7) is 0.758. The van der Waals surface area contributed by atoms with E-state index < -0.39 is 0 Å². The van der Waals surface area contributed by atoms with E-state index in [1.165, 1.54) is 44.9 Å². The number of nitrogens with zero attached hydrogens (tertiary/aromatic N) is 1. The van der Waals surface area contributed by atoms with Gasteiger partial charge in [0, 0.05) is 10.9 Å². The smallest absolute Gasteiger partial charge is 0.260 e. The number of H-pyrrole nitrogens is 1. The van der Waals surface area contributed by atoms with Gasteiger partial charge in [0.05, 0.1) is 11.4 Å². The van der Waals surface area contributed by atoms with Gasteiger partial charge in [-0.1, -0.05) is 49.6 Å². The molecule has 3 N–H and O–H groups in total. The first kappa shape index (κ1) is 17.4. The molecule has 0 aliphatic heterocycles. The van der Waals surface area contributed by atoms with E-state index in [0.717, 1.165) is 33.7 Å². The zero-order valence-electron chi connectivity index (χ0n) is 15.0. The van der Waals surface area contributed by atoms with Crippen LogP contribution in [0.1, 0.15) is 50.8 Å². The SMILES string of the molecule is O=c1[nH]c(C[NH2+]C2CCCCCCC2)nc2scc(-c3ccccc3)c12. The van der Waals surface area contributed by atoms with Gasteiger partial charge >= 0.3 is 0 Å². The zero-order chi connectivity index (χ0) is 17.8. The van der Waals surface area contributed by atoms with Gasteiger partial charge < -0.3 is 10.3 Å². The van der Waals surface area contributed by atoms with Gasteiger partial charge in [-0.05, 0) is 31.2 Å². The van der Waals surface area contributed by atoms with Crippen LogP contribution in [0.25, 0.3) is 21.3 Å². The molecule has 0 spiro atoms. The Hall–Kier alpha value is -1.98. The Labute approximate surface area is 157 Å². The largest absolute Gasteiger partial charge is 0.338 e. The van der Waals surface area contributed by atoms with Crippen LogP contribution in [0.5, 0.6) is 0 Å². The third-order valence-electron chi connectivity index (χ3n) is 5.37. The van der Waals surface area contributed by atoms with Gasteiger partial charge in [-0.15, -0.1) is 11.3 Å². The molecule has 0 bridgehead atoms. The summed E-state index contributed by atoms with van der Waals surface area (Å²) in [6.07, 6.45) is 9.34. The van der Waals surface area contributed by atoms with Crippen molar-refractivity contribution in [3.8, 4) is 11.1 Å². The molecule has 26 heavy (non-hydrogen) atoms. The summed E-state index contributed by atoms with van der Waals surface area (Å²) in [5.41, 5.74) is 2.03. The number of aromatic amines is 1. The van der Waals surface area contributed by atoms with E-state index in [4.69, 9.17) is 4.98 Å². The number of hydrogen-bond donors (Lipinski definition) is 2. The van der Waals surface area contributed by atoms with Crippen molar-refractivity contribution in [2.75, 3.05) is 0 Å². The number of nitrogens with one attached hydrogen (secondary N) is 1. The van der Waals surface area contributed by atoms with E-state index in [1.54, 1.807) is 11.3 Å². The lowest BCUT2D eigenvalue weighted by molar-refractivity contribution is -0.706. The van der Waals surface area contributed by atoms with Gasteiger partial charge in [-0.3, -0.25) is 4.79 Å². The minimum Gasteiger partial charge on any atom is -0.338 e. The predicted octanol–water partition coefficient (Wildman–Crippen LogP) is 3.83. The number of thiophene rings is 1. The first-order valence-electron chi connectivity index (χ1n) is 9.70. The lowest BCUT2D eigenvalue weighted by Crippen LogP contribution is -2.88. The van der Waals surface area contributed by atoms with Crippen LogP contribution in [0.15, 0.2) is 40.5 Å². The number of aromatic nitrogens is 2. The van der Waals surface area contributed by atoms with E-state index in [0.29, 0.717) is 6.04 Å². The molecule has 0 atom stereocenters. The number of hydrogen-bond acceptors (Lipinski definition) is 3. The fraction of sp³-hybridized carbons (Fsp3) is 0.429. The zero-order valence-corrected chi connectivity index (χ0v) is 15.9. The molecular weight excluding hydrogens is 342 g/mol. The van der Waals surface area contributed by atoms with Gasteiger partial charge in [0.15, 0.2) is 5.82 Å². The second-order valence-corrected chi connectivity index (χ2v) is 8.11. The second kappa shape index (κ2) is 8.14. The van der Waals surface area contributed by atoms with E-state index >= 15 is 0 Å².